The molecule has 5 heteroatoms. The van der Waals surface area contributed by atoms with E-state index in [1.54, 1.807) is 12.1 Å². The second kappa shape index (κ2) is 4.59. The molecule has 0 amide bonds. The molecule has 0 fully saturated rings. The molecule has 2 rings (SSSR count). The van der Waals surface area contributed by atoms with E-state index < -0.39 is 0 Å². The van der Waals surface area contributed by atoms with Crippen molar-refractivity contribution in [3.63, 3.8) is 0 Å². The first-order chi connectivity index (χ1) is 7.70. The van der Waals surface area contributed by atoms with Crippen molar-refractivity contribution in [2.45, 2.75) is 0 Å². The number of hydrogen-bond acceptors (Lipinski definition) is 3. The number of pyridine rings is 1. The number of Topliss-reactive ketones (excluding diaryl/α,β-unsaturated/α-hetero) is 2. The molecule has 0 aromatic carbocycles. The Balaban J connectivity index is 2.67. The standard InChI is InChI=1S/C11H7Br2NO2/c12-4-7-8(5-13)11(16)9-6(10(7)15)2-1-3-14-9/h1-3H,4-5H2. The van der Waals surface area contributed by atoms with Crippen LogP contribution in [-0.2, 0) is 0 Å². The highest BCUT2D eigenvalue weighted by atomic mass is 79.9. The van der Waals surface area contributed by atoms with Gasteiger partial charge in [0.2, 0.25) is 5.78 Å². The average Bonchev–Trinajstić information content (AvgIpc) is 2.33. The molecule has 1 aliphatic carbocycles. The monoisotopic (exact) mass is 343 g/mol. The lowest BCUT2D eigenvalue weighted by Crippen LogP contribution is -2.24. The first-order valence-corrected chi connectivity index (χ1v) is 6.83. The van der Waals surface area contributed by atoms with Crippen LogP contribution in [0.4, 0.5) is 0 Å². The van der Waals surface area contributed by atoms with Gasteiger partial charge in [0, 0.05) is 28.0 Å². The van der Waals surface area contributed by atoms with Gasteiger partial charge in [-0.05, 0) is 12.1 Å². The Bertz CT molecular complexity index is 463. The molecule has 1 aromatic rings. The minimum atomic E-state index is -0.165. The number of allylic oxidation sites excluding steroid dienone is 2. The zero-order chi connectivity index (χ0) is 11.7. The van der Waals surface area contributed by atoms with Gasteiger partial charge in [-0.2, -0.15) is 0 Å². The Hall–Kier alpha value is -0.810. The smallest absolute Gasteiger partial charge is 0.209 e. The van der Waals surface area contributed by atoms with Gasteiger partial charge in [0.25, 0.3) is 0 Å². The van der Waals surface area contributed by atoms with Crippen LogP contribution < -0.4 is 0 Å². The lowest BCUT2D eigenvalue weighted by Gasteiger charge is -2.17. The first kappa shape index (κ1) is 11.7. The Morgan fingerprint density at radius 2 is 1.69 bits per heavy atom. The minimum absolute atomic E-state index is 0.117. The molecule has 0 bridgehead atoms. The number of fused-ring (bicyclic) bond motifs is 1. The van der Waals surface area contributed by atoms with E-state index in [9.17, 15) is 9.59 Å². The Morgan fingerprint density at radius 1 is 1.06 bits per heavy atom. The Labute approximate surface area is 109 Å². The van der Waals surface area contributed by atoms with Crippen LogP contribution in [0.3, 0.4) is 0 Å². The van der Waals surface area contributed by atoms with Crippen molar-refractivity contribution >= 4 is 43.4 Å². The van der Waals surface area contributed by atoms with Gasteiger partial charge in [-0.1, -0.05) is 31.9 Å². The van der Waals surface area contributed by atoms with Gasteiger partial charge in [0.1, 0.15) is 5.69 Å². The van der Waals surface area contributed by atoms with Crippen molar-refractivity contribution in [1.82, 2.24) is 4.98 Å². The molecule has 0 N–H and O–H groups in total. The van der Waals surface area contributed by atoms with Crippen molar-refractivity contribution in [3.05, 3.63) is 40.7 Å². The fourth-order valence-corrected chi connectivity index (χ4v) is 2.82. The maximum absolute atomic E-state index is 12.1. The molecule has 1 aromatic heterocycles. The Kier molecular flexibility index (Phi) is 3.35. The molecule has 0 saturated carbocycles. The van der Waals surface area contributed by atoms with Gasteiger partial charge < -0.3 is 0 Å². The maximum Gasteiger partial charge on any atom is 0.209 e. The highest BCUT2D eigenvalue weighted by Gasteiger charge is 2.31. The van der Waals surface area contributed by atoms with Crippen LogP contribution in [0.1, 0.15) is 20.8 Å². The minimum Gasteiger partial charge on any atom is -0.289 e. The largest absolute Gasteiger partial charge is 0.289 e. The molecule has 0 unspecified atom stereocenters. The first-order valence-electron chi connectivity index (χ1n) is 4.59. The van der Waals surface area contributed by atoms with Crippen molar-refractivity contribution in [1.29, 1.82) is 0 Å². The van der Waals surface area contributed by atoms with Crippen LogP contribution in [0.15, 0.2) is 29.5 Å². The van der Waals surface area contributed by atoms with E-state index in [4.69, 9.17) is 0 Å². The molecule has 0 spiro atoms. The zero-order valence-corrected chi connectivity index (χ0v) is 11.3. The van der Waals surface area contributed by atoms with Gasteiger partial charge in [-0.25, -0.2) is 0 Å². The molecule has 1 heterocycles. The second-order valence-electron chi connectivity index (χ2n) is 3.28. The molecule has 3 nitrogen and oxygen atoms in total. The molecule has 0 radical (unpaired) electrons. The van der Waals surface area contributed by atoms with Crippen molar-refractivity contribution in [3.8, 4) is 0 Å². The summed E-state index contributed by atoms with van der Waals surface area (Å²) in [7, 11) is 0. The van der Waals surface area contributed by atoms with E-state index in [2.05, 4.69) is 36.8 Å². The zero-order valence-electron chi connectivity index (χ0n) is 8.17. The van der Waals surface area contributed by atoms with Crippen LogP contribution in [0.2, 0.25) is 0 Å². The number of nitrogens with zero attached hydrogens (tertiary/aromatic N) is 1. The van der Waals surface area contributed by atoms with Gasteiger partial charge >= 0.3 is 0 Å². The maximum atomic E-state index is 12.1. The number of rotatable bonds is 2. The number of carbonyl (C=O) groups excluding carboxylic acids is 2. The molecule has 1 aliphatic rings. The number of halogens is 2. The molecule has 0 aliphatic heterocycles. The van der Waals surface area contributed by atoms with Crippen LogP contribution in [0.5, 0.6) is 0 Å². The SMILES string of the molecule is O=C1C(CBr)=C(CBr)C(=O)c2ncccc21. The third-order valence-electron chi connectivity index (χ3n) is 2.45. The molecular formula is C11H7Br2NO2. The summed E-state index contributed by atoms with van der Waals surface area (Å²) in [5.41, 5.74) is 1.66. The van der Waals surface area contributed by atoms with Crippen LogP contribution >= 0.6 is 31.9 Å². The normalized spacial score (nSPS) is 15.4. The van der Waals surface area contributed by atoms with Gasteiger partial charge in [-0.3, -0.25) is 14.6 Å². The van der Waals surface area contributed by atoms with Gasteiger partial charge in [-0.15, -0.1) is 0 Å². The van der Waals surface area contributed by atoms with Crippen molar-refractivity contribution in [2.75, 3.05) is 10.7 Å². The van der Waals surface area contributed by atoms with Crippen LogP contribution in [0.25, 0.3) is 0 Å². The third-order valence-corrected chi connectivity index (χ3v) is 3.57. The van der Waals surface area contributed by atoms with E-state index in [0.717, 1.165) is 0 Å². The highest BCUT2D eigenvalue weighted by molar-refractivity contribution is 9.09. The van der Waals surface area contributed by atoms with Gasteiger partial charge in [0.05, 0.1) is 5.56 Å². The molecule has 82 valence electrons. The molecular weight excluding hydrogens is 338 g/mol. The van der Waals surface area contributed by atoms with Crippen molar-refractivity contribution < 1.29 is 9.59 Å². The molecule has 16 heavy (non-hydrogen) atoms. The summed E-state index contributed by atoms with van der Waals surface area (Å²) in [6.07, 6.45) is 1.52. The number of alkyl halides is 2. The van der Waals surface area contributed by atoms with Gasteiger partial charge in [0.15, 0.2) is 5.78 Å². The second-order valence-corrected chi connectivity index (χ2v) is 4.40. The highest BCUT2D eigenvalue weighted by Crippen LogP contribution is 2.26. The fourth-order valence-electron chi connectivity index (χ4n) is 1.63. The summed E-state index contributed by atoms with van der Waals surface area (Å²) in [5, 5.41) is 0.751. The lowest BCUT2D eigenvalue weighted by molar-refractivity contribution is 0.0972. The fraction of sp³-hybridized carbons (Fsp3) is 0.182. The summed E-state index contributed by atoms with van der Waals surface area (Å²) in [4.78, 5) is 28.1. The summed E-state index contributed by atoms with van der Waals surface area (Å²) in [6, 6.07) is 3.30. The predicted octanol–water partition coefficient (Wildman–Crippen LogP) is 2.55. The van der Waals surface area contributed by atoms with E-state index >= 15 is 0 Å². The molecule has 0 saturated heterocycles. The van der Waals surface area contributed by atoms with E-state index in [1.165, 1.54) is 6.20 Å². The summed E-state index contributed by atoms with van der Waals surface area (Å²) in [6.45, 7) is 0. The van der Waals surface area contributed by atoms with E-state index in [0.29, 0.717) is 27.4 Å². The number of carbonyl (C=O) groups is 2. The summed E-state index contributed by atoms with van der Waals surface area (Å²) in [5.74, 6) is -0.282. The Morgan fingerprint density at radius 3 is 2.31 bits per heavy atom. The number of ketones is 2. The van der Waals surface area contributed by atoms with Crippen molar-refractivity contribution in [2.24, 2.45) is 0 Å². The topological polar surface area (TPSA) is 47.0 Å². The van der Waals surface area contributed by atoms with E-state index in [-0.39, 0.29) is 17.3 Å². The third kappa shape index (κ3) is 1.68. The summed E-state index contributed by atoms with van der Waals surface area (Å²) >= 11 is 6.47. The summed E-state index contributed by atoms with van der Waals surface area (Å²) < 4.78 is 0. The quantitative estimate of drug-likeness (QED) is 0.774. The average molecular weight is 345 g/mol. The predicted molar refractivity (Wildman–Crippen MR) is 67.5 cm³/mol. The van der Waals surface area contributed by atoms with E-state index in [1.807, 2.05) is 0 Å². The number of aromatic nitrogens is 1. The lowest BCUT2D eigenvalue weighted by atomic mass is 9.89. The van der Waals surface area contributed by atoms with Crippen LogP contribution in [0, 0.1) is 0 Å². The molecule has 0 atom stereocenters. The van der Waals surface area contributed by atoms with Crippen LogP contribution in [-0.4, -0.2) is 27.2 Å². The number of hydrogen-bond donors (Lipinski definition) is 0.